The summed E-state index contributed by atoms with van der Waals surface area (Å²) in [7, 11) is -3.26. The molecule has 0 aromatic heterocycles. The van der Waals surface area contributed by atoms with Crippen molar-refractivity contribution in [2.75, 3.05) is 28.5 Å². The highest BCUT2D eigenvalue weighted by Crippen LogP contribution is 2.28. The molecule has 0 saturated carbocycles. The number of benzene rings is 2. The highest BCUT2D eigenvalue weighted by Gasteiger charge is 2.28. The highest BCUT2D eigenvalue weighted by molar-refractivity contribution is 9.10. The van der Waals surface area contributed by atoms with Crippen LogP contribution in [0.2, 0.25) is 5.02 Å². The van der Waals surface area contributed by atoms with Gasteiger partial charge in [0.15, 0.2) is 6.61 Å². The molecular formula is C17H16BrClN2O4S. The molecule has 1 saturated heterocycles. The second-order valence-electron chi connectivity index (χ2n) is 5.70. The van der Waals surface area contributed by atoms with Crippen molar-refractivity contribution in [3.63, 3.8) is 0 Å². The van der Waals surface area contributed by atoms with Crippen molar-refractivity contribution in [2.45, 2.75) is 6.42 Å². The molecule has 0 spiro atoms. The largest absolute Gasteiger partial charge is 0.482 e. The number of rotatable bonds is 5. The summed E-state index contributed by atoms with van der Waals surface area (Å²) in [5, 5.41) is 3.09. The zero-order chi connectivity index (χ0) is 18.7. The Bertz CT molecular complexity index is 936. The lowest BCUT2D eigenvalue weighted by Crippen LogP contribution is -2.25. The van der Waals surface area contributed by atoms with Crippen LogP contribution in [-0.4, -0.2) is 33.2 Å². The number of nitrogens with one attached hydrogen (secondary N) is 1. The number of anilines is 2. The van der Waals surface area contributed by atoms with E-state index in [2.05, 4.69) is 21.2 Å². The van der Waals surface area contributed by atoms with Gasteiger partial charge in [0.05, 0.1) is 16.5 Å². The van der Waals surface area contributed by atoms with E-state index in [-0.39, 0.29) is 18.3 Å². The van der Waals surface area contributed by atoms with Crippen LogP contribution in [0.3, 0.4) is 0 Å². The van der Waals surface area contributed by atoms with Crippen molar-refractivity contribution < 1.29 is 17.9 Å². The first-order valence-electron chi connectivity index (χ1n) is 7.83. The first-order valence-corrected chi connectivity index (χ1v) is 10.6. The van der Waals surface area contributed by atoms with Gasteiger partial charge in [-0.1, -0.05) is 33.6 Å². The summed E-state index contributed by atoms with van der Waals surface area (Å²) in [5.74, 6) is 0.179. The lowest BCUT2D eigenvalue weighted by Gasteiger charge is -2.17. The van der Waals surface area contributed by atoms with Gasteiger partial charge in [-0.05, 0) is 42.8 Å². The van der Waals surface area contributed by atoms with Crippen LogP contribution >= 0.6 is 27.5 Å². The average molecular weight is 460 g/mol. The SMILES string of the molecule is O=C(COc1ccc(Br)cc1Cl)Nc1cccc(N2CCCS2(=O)=O)c1. The Kier molecular flexibility index (Phi) is 5.74. The van der Waals surface area contributed by atoms with Gasteiger partial charge < -0.3 is 10.1 Å². The molecule has 0 aliphatic carbocycles. The molecular weight excluding hydrogens is 444 g/mol. The Hall–Kier alpha value is -1.77. The van der Waals surface area contributed by atoms with E-state index in [1.165, 1.54) is 4.31 Å². The smallest absolute Gasteiger partial charge is 0.262 e. The summed E-state index contributed by atoms with van der Waals surface area (Å²) in [4.78, 5) is 12.1. The molecule has 26 heavy (non-hydrogen) atoms. The van der Waals surface area contributed by atoms with Crippen LogP contribution in [0.1, 0.15) is 6.42 Å². The van der Waals surface area contributed by atoms with Crippen molar-refractivity contribution in [1.29, 1.82) is 0 Å². The van der Waals surface area contributed by atoms with E-state index in [0.29, 0.717) is 35.1 Å². The van der Waals surface area contributed by atoms with Crippen LogP contribution in [-0.2, 0) is 14.8 Å². The minimum absolute atomic E-state index is 0.144. The third kappa shape index (κ3) is 4.49. The van der Waals surface area contributed by atoms with Gasteiger partial charge in [-0.3, -0.25) is 9.10 Å². The molecule has 0 atom stereocenters. The molecule has 138 valence electrons. The van der Waals surface area contributed by atoms with Crippen LogP contribution < -0.4 is 14.4 Å². The summed E-state index contributed by atoms with van der Waals surface area (Å²) >= 11 is 9.34. The van der Waals surface area contributed by atoms with Gasteiger partial charge in [0.2, 0.25) is 10.0 Å². The molecule has 6 nitrogen and oxygen atoms in total. The van der Waals surface area contributed by atoms with Crippen LogP contribution in [0, 0.1) is 0 Å². The summed E-state index contributed by atoms with van der Waals surface area (Å²) in [6.07, 6.45) is 0.598. The van der Waals surface area contributed by atoms with E-state index in [1.54, 1.807) is 42.5 Å². The summed E-state index contributed by atoms with van der Waals surface area (Å²) < 4.78 is 31.6. The van der Waals surface area contributed by atoms with Crippen LogP contribution in [0.5, 0.6) is 5.75 Å². The zero-order valence-electron chi connectivity index (χ0n) is 13.6. The minimum Gasteiger partial charge on any atom is -0.482 e. The Labute approximate surface area is 165 Å². The third-order valence-electron chi connectivity index (χ3n) is 3.77. The van der Waals surface area contributed by atoms with Crippen LogP contribution in [0.4, 0.5) is 11.4 Å². The van der Waals surface area contributed by atoms with E-state index >= 15 is 0 Å². The van der Waals surface area contributed by atoms with Gasteiger partial charge in [0.25, 0.3) is 5.91 Å². The molecule has 2 aromatic rings. The predicted octanol–water partition coefficient (Wildman–Crippen LogP) is 3.66. The summed E-state index contributed by atoms with van der Waals surface area (Å²) in [6, 6.07) is 11.8. The quantitative estimate of drug-likeness (QED) is 0.740. The molecule has 0 bridgehead atoms. The van der Waals surface area contributed by atoms with Gasteiger partial charge in [0, 0.05) is 16.7 Å². The van der Waals surface area contributed by atoms with Crippen molar-refractivity contribution in [2.24, 2.45) is 0 Å². The van der Waals surface area contributed by atoms with Crippen molar-refractivity contribution in [1.82, 2.24) is 0 Å². The third-order valence-corrected chi connectivity index (χ3v) is 6.43. The number of carbonyl (C=O) groups is 1. The van der Waals surface area contributed by atoms with E-state index in [1.807, 2.05) is 0 Å². The fraction of sp³-hybridized carbons (Fsp3) is 0.235. The minimum atomic E-state index is -3.26. The monoisotopic (exact) mass is 458 g/mol. The van der Waals surface area contributed by atoms with E-state index in [9.17, 15) is 13.2 Å². The highest BCUT2D eigenvalue weighted by atomic mass is 79.9. The van der Waals surface area contributed by atoms with Crippen molar-refractivity contribution in [3.8, 4) is 5.75 Å². The number of halogens is 2. The van der Waals surface area contributed by atoms with Crippen LogP contribution in [0.25, 0.3) is 0 Å². The predicted molar refractivity (Wildman–Crippen MR) is 105 cm³/mol. The van der Waals surface area contributed by atoms with Gasteiger partial charge >= 0.3 is 0 Å². The molecule has 1 aliphatic rings. The molecule has 0 unspecified atom stereocenters. The molecule has 3 rings (SSSR count). The molecule has 1 N–H and O–H groups in total. The molecule has 1 aliphatic heterocycles. The molecule has 1 amide bonds. The first kappa shape index (κ1) is 19.0. The Morgan fingerprint density at radius 1 is 1.27 bits per heavy atom. The number of carbonyl (C=O) groups excluding carboxylic acids is 1. The number of amides is 1. The maximum absolute atomic E-state index is 12.1. The first-order chi connectivity index (χ1) is 12.3. The number of ether oxygens (including phenoxy) is 1. The fourth-order valence-electron chi connectivity index (χ4n) is 2.60. The van der Waals surface area contributed by atoms with E-state index in [4.69, 9.17) is 16.3 Å². The maximum atomic E-state index is 12.1. The Morgan fingerprint density at radius 3 is 2.77 bits per heavy atom. The van der Waals surface area contributed by atoms with Gasteiger partial charge in [-0.2, -0.15) is 0 Å². The number of sulfonamides is 1. The van der Waals surface area contributed by atoms with Gasteiger partial charge in [0.1, 0.15) is 5.75 Å². The molecule has 1 fully saturated rings. The number of hydrogen-bond acceptors (Lipinski definition) is 4. The Morgan fingerprint density at radius 2 is 2.08 bits per heavy atom. The van der Waals surface area contributed by atoms with Gasteiger partial charge in [-0.15, -0.1) is 0 Å². The van der Waals surface area contributed by atoms with E-state index < -0.39 is 10.0 Å². The standard InChI is InChI=1S/C17H16BrClN2O4S/c18-12-5-6-16(15(19)9-12)25-11-17(22)20-13-3-1-4-14(10-13)21-7-2-8-26(21,23)24/h1,3-6,9-10H,2,7-8,11H2,(H,20,22). The lowest BCUT2D eigenvalue weighted by atomic mass is 10.2. The zero-order valence-corrected chi connectivity index (χ0v) is 16.8. The molecule has 1 heterocycles. The second kappa shape index (κ2) is 7.85. The average Bonchev–Trinajstić information content (AvgIpc) is 2.93. The molecule has 2 aromatic carbocycles. The van der Waals surface area contributed by atoms with Crippen molar-refractivity contribution in [3.05, 3.63) is 52.0 Å². The fourth-order valence-corrected chi connectivity index (χ4v) is 4.89. The molecule has 0 radical (unpaired) electrons. The maximum Gasteiger partial charge on any atom is 0.262 e. The second-order valence-corrected chi connectivity index (χ2v) is 9.04. The van der Waals surface area contributed by atoms with Gasteiger partial charge in [-0.25, -0.2) is 8.42 Å². The Balaban J connectivity index is 1.63. The topological polar surface area (TPSA) is 75.7 Å². The van der Waals surface area contributed by atoms with Crippen molar-refractivity contribution >= 4 is 54.8 Å². The summed E-state index contributed by atoms with van der Waals surface area (Å²) in [6.45, 7) is 0.235. The lowest BCUT2D eigenvalue weighted by molar-refractivity contribution is -0.118. The van der Waals surface area contributed by atoms with Crippen LogP contribution in [0.15, 0.2) is 46.9 Å². The summed E-state index contributed by atoms with van der Waals surface area (Å²) in [5.41, 5.74) is 1.04. The number of nitrogens with zero attached hydrogens (tertiary/aromatic N) is 1. The van der Waals surface area contributed by atoms with E-state index in [0.717, 1.165) is 4.47 Å². The number of hydrogen-bond donors (Lipinski definition) is 1. The molecule has 9 heteroatoms. The normalized spacial score (nSPS) is 15.7.